The van der Waals surface area contributed by atoms with Crippen LogP contribution in [0, 0.1) is 0 Å². The normalized spacial score (nSPS) is 17.0. The summed E-state index contributed by atoms with van der Waals surface area (Å²) in [6.45, 7) is 6.04. The molecule has 3 heteroatoms. The lowest BCUT2D eigenvalue weighted by molar-refractivity contribution is 0.204. The first-order valence-electron chi connectivity index (χ1n) is 5.66. The Morgan fingerprint density at radius 2 is 2.12 bits per heavy atom. The van der Waals surface area contributed by atoms with E-state index in [1.54, 1.807) is 0 Å². The Morgan fingerprint density at radius 3 is 2.81 bits per heavy atom. The number of nitrogens with zero attached hydrogens (tertiary/aromatic N) is 1. The van der Waals surface area contributed by atoms with E-state index in [1.807, 2.05) is 19.9 Å². The zero-order chi connectivity index (χ0) is 11.8. The lowest BCUT2D eigenvalue weighted by atomic mass is 9.99. The molecule has 0 atom stereocenters. The Kier molecular flexibility index (Phi) is 3.17. The highest BCUT2D eigenvalue weighted by Gasteiger charge is 2.20. The zero-order valence-electron chi connectivity index (χ0n) is 10.2. The summed E-state index contributed by atoms with van der Waals surface area (Å²) in [5, 5.41) is 0. The maximum Gasteiger partial charge on any atom is 0.146 e. The second-order valence-corrected chi connectivity index (χ2v) is 6.01. The van der Waals surface area contributed by atoms with Crippen LogP contribution in [0.2, 0.25) is 0 Å². The van der Waals surface area contributed by atoms with Gasteiger partial charge in [-0.25, -0.2) is 0 Å². The van der Waals surface area contributed by atoms with Crippen molar-refractivity contribution in [2.24, 2.45) is 0 Å². The minimum atomic E-state index is -0.418. The van der Waals surface area contributed by atoms with Gasteiger partial charge in [-0.15, -0.1) is 12.6 Å². The van der Waals surface area contributed by atoms with Crippen LogP contribution in [-0.2, 0) is 13.0 Å². The molecular weight excluding hydrogens is 218 g/mol. The molecule has 0 bridgehead atoms. The molecule has 1 aliphatic rings. The van der Waals surface area contributed by atoms with E-state index in [2.05, 4.69) is 36.7 Å². The van der Waals surface area contributed by atoms with E-state index >= 15 is 0 Å². The van der Waals surface area contributed by atoms with Gasteiger partial charge in [-0.1, -0.05) is 12.1 Å². The van der Waals surface area contributed by atoms with Crippen molar-refractivity contribution in [3.63, 3.8) is 0 Å². The SMILES string of the molecule is CN1CCc2c(cccc2OC(C)(C)S)C1. The molecule has 1 heterocycles. The number of ether oxygens (including phenoxy) is 1. The smallest absolute Gasteiger partial charge is 0.146 e. The van der Waals surface area contributed by atoms with Gasteiger partial charge >= 0.3 is 0 Å². The highest BCUT2D eigenvalue weighted by molar-refractivity contribution is 7.81. The third-order valence-electron chi connectivity index (χ3n) is 2.77. The van der Waals surface area contributed by atoms with Crippen molar-refractivity contribution >= 4 is 12.6 Å². The van der Waals surface area contributed by atoms with Crippen molar-refractivity contribution in [1.82, 2.24) is 4.90 Å². The van der Waals surface area contributed by atoms with Gasteiger partial charge in [0, 0.05) is 13.1 Å². The molecule has 88 valence electrons. The molecule has 0 aromatic heterocycles. The fraction of sp³-hybridized carbons (Fsp3) is 0.538. The van der Waals surface area contributed by atoms with Crippen LogP contribution in [-0.4, -0.2) is 23.4 Å². The monoisotopic (exact) mass is 237 g/mol. The van der Waals surface area contributed by atoms with Gasteiger partial charge in [0.1, 0.15) is 10.7 Å². The Balaban J connectivity index is 2.30. The Labute approximate surface area is 103 Å². The summed E-state index contributed by atoms with van der Waals surface area (Å²) in [6.07, 6.45) is 1.06. The topological polar surface area (TPSA) is 12.5 Å². The van der Waals surface area contributed by atoms with Gasteiger partial charge in [0.25, 0.3) is 0 Å². The van der Waals surface area contributed by atoms with Crippen molar-refractivity contribution < 1.29 is 4.74 Å². The highest BCUT2D eigenvalue weighted by atomic mass is 32.1. The molecule has 0 saturated heterocycles. The molecule has 0 amide bonds. The summed E-state index contributed by atoms with van der Waals surface area (Å²) >= 11 is 4.42. The molecule has 0 fully saturated rings. The first-order valence-corrected chi connectivity index (χ1v) is 6.11. The Morgan fingerprint density at radius 1 is 1.38 bits per heavy atom. The molecule has 16 heavy (non-hydrogen) atoms. The number of fused-ring (bicyclic) bond motifs is 1. The highest BCUT2D eigenvalue weighted by Crippen LogP contribution is 2.30. The third kappa shape index (κ3) is 2.71. The predicted molar refractivity (Wildman–Crippen MR) is 70.2 cm³/mol. The molecule has 0 saturated carbocycles. The first-order chi connectivity index (χ1) is 7.46. The van der Waals surface area contributed by atoms with Crippen molar-refractivity contribution in [2.45, 2.75) is 31.7 Å². The van der Waals surface area contributed by atoms with Gasteiger partial charge < -0.3 is 9.64 Å². The fourth-order valence-electron chi connectivity index (χ4n) is 2.08. The summed E-state index contributed by atoms with van der Waals surface area (Å²) in [6, 6.07) is 6.29. The zero-order valence-corrected chi connectivity index (χ0v) is 11.1. The number of thiol groups is 1. The van der Waals surface area contributed by atoms with Crippen LogP contribution in [0.3, 0.4) is 0 Å². The quantitative estimate of drug-likeness (QED) is 0.627. The number of rotatable bonds is 2. The number of hydrogen-bond donors (Lipinski definition) is 1. The van der Waals surface area contributed by atoms with E-state index in [1.165, 1.54) is 11.1 Å². The number of likely N-dealkylation sites (N-methyl/N-ethyl adjacent to an activating group) is 1. The van der Waals surface area contributed by atoms with E-state index < -0.39 is 4.93 Å². The average molecular weight is 237 g/mol. The van der Waals surface area contributed by atoms with Crippen LogP contribution in [0.5, 0.6) is 5.75 Å². The number of hydrogen-bond acceptors (Lipinski definition) is 3. The lowest BCUT2D eigenvalue weighted by Gasteiger charge is -2.29. The van der Waals surface area contributed by atoms with Crippen molar-refractivity contribution in [3.05, 3.63) is 29.3 Å². The Hall–Kier alpha value is -0.670. The first kappa shape index (κ1) is 11.8. The molecule has 1 aliphatic heterocycles. The van der Waals surface area contributed by atoms with E-state index in [9.17, 15) is 0 Å². The molecule has 0 spiro atoms. The fourth-order valence-corrected chi connectivity index (χ4v) is 2.18. The lowest BCUT2D eigenvalue weighted by Crippen LogP contribution is -2.28. The largest absolute Gasteiger partial charge is 0.477 e. The van der Waals surface area contributed by atoms with Crippen LogP contribution in [0.25, 0.3) is 0 Å². The minimum Gasteiger partial charge on any atom is -0.477 e. The maximum absolute atomic E-state index is 5.88. The minimum absolute atomic E-state index is 0.418. The third-order valence-corrected chi connectivity index (χ3v) is 2.86. The van der Waals surface area contributed by atoms with Crippen molar-refractivity contribution in [1.29, 1.82) is 0 Å². The molecule has 0 aliphatic carbocycles. The summed E-state index contributed by atoms with van der Waals surface area (Å²) in [5.41, 5.74) is 2.73. The van der Waals surface area contributed by atoms with Crippen LogP contribution in [0.1, 0.15) is 25.0 Å². The van der Waals surface area contributed by atoms with E-state index in [0.717, 1.165) is 25.3 Å². The standard InChI is InChI=1S/C13H19NOS/c1-13(2,16)15-12-6-4-5-10-9-14(3)8-7-11(10)12/h4-6,16H,7-9H2,1-3H3. The summed E-state index contributed by atoms with van der Waals surface area (Å²) < 4.78 is 5.88. The van der Waals surface area contributed by atoms with Gasteiger partial charge in [0.15, 0.2) is 0 Å². The van der Waals surface area contributed by atoms with Crippen molar-refractivity contribution in [2.75, 3.05) is 13.6 Å². The van der Waals surface area contributed by atoms with E-state index in [-0.39, 0.29) is 0 Å². The second-order valence-electron chi connectivity index (χ2n) is 4.93. The Bertz CT molecular complexity index is 384. The van der Waals surface area contributed by atoms with Crippen LogP contribution in [0.4, 0.5) is 0 Å². The molecule has 0 N–H and O–H groups in total. The molecule has 1 aromatic carbocycles. The van der Waals surface area contributed by atoms with E-state index in [0.29, 0.717) is 0 Å². The summed E-state index contributed by atoms with van der Waals surface area (Å²) in [5.74, 6) is 0.991. The summed E-state index contributed by atoms with van der Waals surface area (Å²) in [7, 11) is 2.15. The van der Waals surface area contributed by atoms with Gasteiger partial charge in [-0.2, -0.15) is 0 Å². The molecule has 2 rings (SSSR count). The van der Waals surface area contributed by atoms with Gasteiger partial charge in [-0.05, 0) is 44.5 Å². The predicted octanol–water partition coefficient (Wildman–Crippen LogP) is 2.72. The van der Waals surface area contributed by atoms with E-state index in [4.69, 9.17) is 4.74 Å². The summed E-state index contributed by atoms with van der Waals surface area (Å²) in [4.78, 5) is 1.91. The van der Waals surface area contributed by atoms with Crippen LogP contribution in [0.15, 0.2) is 18.2 Å². The van der Waals surface area contributed by atoms with Gasteiger partial charge in [0.2, 0.25) is 0 Å². The van der Waals surface area contributed by atoms with Crippen molar-refractivity contribution in [3.8, 4) is 5.75 Å². The molecule has 0 unspecified atom stereocenters. The van der Waals surface area contributed by atoms with Gasteiger partial charge in [0.05, 0.1) is 0 Å². The van der Waals surface area contributed by atoms with Crippen LogP contribution >= 0.6 is 12.6 Å². The molecule has 1 aromatic rings. The molecule has 2 nitrogen and oxygen atoms in total. The molecular formula is C13H19NOS. The van der Waals surface area contributed by atoms with Crippen LogP contribution < -0.4 is 4.74 Å². The van der Waals surface area contributed by atoms with Gasteiger partial charge in [-0.3, -0.25) is 0 Å². The average Bonchev–Trinajstić information content (AvgIpc) is 2.15. The molecule has 0 radical (unpaired) electrons. The number of benzene rings is 1. The second kappa shape index (κ2) is 4.30. The maximum atomic E-state index is 5.88.